The number of hydrogen-bond donors (Lipinski definition) is 2. The van der Waals surface area contributed by atoms with Crippen LogP contribution >= 0.6 is 0 Å². The van der Waals surface area contributed by atoms with E-state index in [9.17, 15) is 0 Å². The molecule has 13 heavy (non-hydrogen) atoms. The van der Waals surface area contributed by atoms with Gasteiger partial charge in [0.15, 0.2) is 0 Å². The van der Waals surface area contributed by atoms with E-state index in [1.165, 1.54) is 5.57 Å². The fraction of sp³-hybridized carbons (Fsp3) is 0.636. The number of rotatable bonds is 2. The smallest absolute Gasteiger partial charge is 0.0534 e. The van der Waals surface area contributed by atoms with Crippen LogP contribution in [-0.4, -0.2) is 6.04 Å². The lowest BCUT2D eigenvalue weighted by Gasteiger charge is -2.35. The second kappa shape index (κ2) is 3.54. The third-order valence-electron chi connectivity index (χ3n) is 3.22. The quantitative estimate of drug-likeness (QED) is 0.682. The first-order valence-corrected chi connectivity index (χ1v) is 4.98. The van der Waals surface area contributed by atoms with Crippen LogP contribution in [0, 0.1) is 5.41 Å². The maximum absolute atomic E-state index is 6.10. The first-order valence-electron chi connectivity index (χ1n) is 4.98. The second-order valence-corrected chi connectivity index (χ2v) is 4.00. The van der Waals surface area contributed by atoms with Gasteiger partial charge in [0.05, 0.1) is 6.04 Å². The molecule has 0 spiro atoms. The number of nitrogens with two attached hydrogens (primary N) is 2. The Kier molecular flexibility index (Phi) is 2.81. The molecule has 4 N–H and O–H groups in total. The molecule has 2 atom stereocenters. The van der Waals surface area contributed by atoms with Crippen LogP contribution in [0.25, 0.3) is 0 Å². The van der Waals surface area contributed by atoms with Crippen LogP contribution in [0.5, 0.6) is 0 Å². The van der Waals surface area contributed by atoms with Crippen LogP contribution in [-0.2, 0) is 0 Å². The zero-order valence-corrected chi connectivity index (χ0v) is 8.80. The molecule has 0 heterocycles. The van der Waals surface area contributed by atoms with E-state index in [2.05, 4.69) is 32.9 Å². The first kappa shape index (κ1) is 10.3. The predicted octanol–water partition coefficient (Wildman–Crippen LogP) is 1.92. The molecule has 0 amide bonds. The Bertz CT molecular complexity index is 253. The van der Waals surface area contributed by atoms with Gasteiger partial charge >= 0.3 is 0 Å². The van der Waals surface area contributed by atoms with Crippen molar-refractivity contribution in [3.63, 3.8) is 0 Å². The van der Waals surface area contributed by atoms with E-state index in [0.29, 0.717) is 0 Å². The summed E-state index contributed by atoms with van der Waals surface area (Å²) in [5.41, 5.74) is 14.2. The van der Waals surface area contributed by atoms with Gasteiger partial charge in [-0.25, -0.2) is 0 Å². The third kappa shape index (κ3) is 1.63. The van der Waals surface area contributed by atoms with Gasteiger partial charge in [0.25, 0.3) is 0 Å². The lowest BCUT2D eigenvalue weighted by molar-refractivity contribution is 0.345. The highest BCUT2D eigenvalue weighted by atomic mass is 14.8. The average molecular weight is 180 g/mol. The van der Waals surface area contributed by atoms with Crippen molar-refractivity contribution in [2.24, 2.45) is 16.9 Å². The molecule has 0 radical (unpaired) electrons. The molecule has 1 rings (SSSR count). The number of hydrogen-bond acceptors (Lipinski definition) is 2. The average Bonchev–Trinajstić information content (AvgIpc) is 2.15. The van der Waals surface area contributed by atoms with Crippen molar-refractivity contribution < 1.29 is 0 Å². The van der Waals surface area contributed by atoms with Gasteiger partial charge in [-0.3, -0.25) is 0 Å². The molecule has 0 aliphatic heterocycles. The largest absolute Gasteiger partial charge is 0.401 e. The van der Waals surface area contributed by atoms with Crippen molar-refractivity contribution in [1.82, 2.24) is 0 Å². The van der Waals surface area contributed by atoms with E-state index in [1.54, 1.807) is 0 Å². The summed E-state index contributed by atoms with van der Waals surface area (Å²) in [7, 11) is 0. The van der Waals surface area contributed by atoms with E-state index in [4.69, 9.17) is 11.5 Å². The van der Waals surface area contributed by atoms with Crippen molar-refractivity contribution in [2.75, 3.05) is 0 Å². The molecule has 1 aliphatic carbocycles. The third-order valence-corrected chi connectivity index (χ3v) is 3.22. The van der Waals surface area contributed by atoms with Crippen molar-refractivity contribution >= 4 is 0 Å². The molecule has 2 nitrogen and oxygen atoms in total. The van der Waals surface area contributed by atoms with Gasteiger partial charge in [-0.05, 0) is 18.4 Å². The molecule has 0 aromatic heterocycles. The topological polar surface area (TPSA) is 52.0 Å². The Morgan fingerprint density at radius 3 is 2.54 bits per heavy atom. The maximum atomic E-state index is 6.10. The Morgan fingerprint density at radius 2 is 2.08 bits per heavy atom. The lowest BCUT2D eigenvalue weighted by atomic mass is 9.74. The van der Waals surface area contributed by atoms with Crippen LogP contribution in [0.3, 0.4) is 0 Å². The molecule has 74 valence electrons. The second-order valence-electron chi connectivity index (χ2n) is 4.00. The van der Waals surface area contributed by atoms with Gasteiger partial charge in [0.2, 0.25) is 0 Å². The lowest BCUT2D eigenvalue weighted by Crippen LogP contribution is -2.44. The van der Waals surface area contributed by atoms with Gasteiger partial charge in [-0.2, -0.15) is 0 Å². The van der Waals surface area contributed by atoms with Crippen molar-refractivity contribution in [3.05, 3.63) is 23.4 Å². The normalized spacial score (nSPS) is 34.0. The van der Waals surface area contributed by atoms with Crippen LogP contribution in [0.2, 0.25) is 0 Å². The molecular formula is C11H20N2. The molecule has 0 aromatic rings. The summed E-state index contributed by atoms with van der Waals surface area (Å²) < 4.78 is 0. The van der Waals surface area contributed by atoms with Gasteiger partial charge in [0.1, 0.15) is 0 Å². The standard InChI is InChI=1S/C11H20N2/c1-4-8-6-7-11(3,5-2)10(13)9(8)12/h6-7,10H,4-5,12-13H2,1-3H3. The number of allylic oxidation sites excluding steroid dienone is 2. The van der Waals surface area contributed by atoms with E-state index in [-0.39, 0.29) is 11.5 Å². The zero-order chi connectivity index (χ0) is 10.1. The summed E-state index contributed by atoms with van der Waals surface area (Å²) in [4.78, 5) is 0. The fourth-order valence-electron chi connectivity index (χ4n) is 1.71. The minimum Gasteiger partial charge on any atom is -0.401 e. The molecule has 0 fully saturated rings. The van der Waals surface area contributed by atoms with Crippen LogP contribution in [0.4, 0.5) is 0 Å². The van der Waals surface area contributed by atoms with Gasteiger partial charge in [-0.15, -0.1) is 0 Å². The van der Waals surface area contributed by atoms with Crippen molar-refractivity contribution in [1.29, 1.82) is 0 Å². The molecule has 0 saturated carbocycles. The summed E-state index contributed by atoms with van der Waals surface area (Å²) in [6.45, 7) is 6.41. The van der Waals surface area contributed by atoms with Gasteiger partial charge in [0, 0.05) is 11.1 Å². The molecule has 2 heteroatoms. The molecule has 0 aromatic carbocycles. The van der Waals surface area contributed by atoms with E-state index in [1.807, 2.05) is 0 Å². The Balaban J connectivity index is 2.99. The Morgan fingerprint density at radius 1 is 1.46 bits per heavy atom. The molecule has 0 saturated heterocycles. The highest BCUT2D eigenvalue weighted by Gasteiger charge is 2.32. The fourth-order valence-corrected chi connectivity index (χ4v) is 1.71. The summed E-state index contributed by atoms with van der Waals surface area (Å²) >= 11 is 0. The predicted molar refractivity (Wildman–Crippen MR) is 57.0 cm³/mol. The highest BCUT2D eigenvalue weighted by Crippen LogP contribution is 2.34. The summed E-state index contributed by atoms with van der Waals surface area (Å²) in [6, 6.07) is -0.0163. The van der Waals surface area contributed by atoms with E-state index >= 15 is 0 Å². The van der Waals surface area contributed by atoms with Gasteiger partial charge < -0.3 is 11.5 Å². The van der Waals surface area contributed by atoms with E-state index < -0.39 is 0 Å². The molecule has 2 unspecified atom stereocenters. The van der Waals surface area contributed by atoms with Crippen molar-refractivity contribution in [2.45, 2.75) is 39.7 Å². The molecular weight excluding hydrogens is 160 g/mol. The summed E-state index contributed by atoms with van der Waals surface area (Å²) in [5.74, 6) is 0. The molecule has 0 bridgehead atoms. The Hall–Kier alpha value is -0.760. The maximum Gasteiger partial charge on any atom is 0.0534 e. The SMILES string of the molecule is CCC1=C(N)C(N)C(C)(CC)C=C1. The Labute approximate surface area is 80.7 Å². The highest BCUT2D eigenvalue weighted by molar-refractivity contribution is 5.35. The van der Waals surface area contributed by atoms with E-state index in [0.717, 1.165) is 18.5 Å². The van der Waals surface area contributed by atoms with Gasteiger partial charge in [-0.1, -0.05) is 32.9 Å². The van der Waals surface area contributed by atoms with Crippen LogP contribution in [0.1, 0.15) is 33.6 Å². The van der Waals surface area contributed by atoms with Crippen molar-refractivity contribution in [3.8, 4) is 0 Å². The first-order chi connectivity index (χ1) is 6.05. The summed E-state index contributed by atoms with van der Waals surface area (Å²) in [5, 5.41) is 0. The van der Waals surface area contributed by atoms with Crippen LogP contribution in [0.15, 0.2) is 23.4 Å². The minimum absolute atomic E-state index is 0.0163. The zero-order valence-electron chi connectivity index (χ0n) is 8.80. The summed E-state index contributed by atoms with van der Waals surface area (Å²) in [6.07, 6.45) is 6.33. The van der Waals surface area contributed by atoms with Crippen LogP contribution < -0.4 is 11.5 Å². The monoisotopic (exact) mass is 180 g/mol. The minimum atomic E-state index is -0.0163. The molecule has 1 aliphatic rings.